The summed E-state index contributed by atoms with van der Waals surface area (Å²) in [6, 6.07) is 4.00. The lowest BCUT2D eigenvalue weighted by Gasteiger charge is -2.00. The number of aromatic nitrogens is 1. The normalized spacial score (nSPS) is 9.91. The van der Waals surface area contributed by atoms with Gasteiger partial charge in [0.05, 0.1) is 0 Å². The molecule has 0 aromatic carbocycles. The van der Waals surface area contributed by atoms with Crippen LogP contribution in [0.25, 0.3) is 0 Å². The highest BCUT2D eigenvalue weighted by atomic mass is 32.1. The number of rotatable bonds is 4. The third kappa shape index (κ3) is 3.39. The molecule has 1 heterocycles. The molecule has 11 heavy (non-hydrogen) atoms. The van der Waals surface area contributed by atoms with Crippen LogP contribution in [0.5, 0.6) is 0 Å². The minimum absolute atomic E-state index is 0.875. The van der Waals surface area contributed by atoms with Crippen molar-refractivity contribution in [3.63, 3.8) is 0 Å². The van der Waals surface area contributed by atoms with Gasteiger partial charge in [-0.05, 0) is 11.6 Å². The van der Waals surface area contributed by atoms with Crippen molar-refractivity contribution in [2.75, 3.05) is 12.3 Å². The van der Waals surface area contributed by atoms with Crippen LogP contribution in [0.3, 0.4) is 0 Å². The van der Waals surface area contributed by atoms with Crippen LogP contribution in [0.2, 0.25) is 0 Å². The molecule has 0 unspecified atom stereocenters. The van der Waals surface area contributed by atoms with Gasteiger partial charge in [-0.25, -0.2) is 0 Å². The van der Waals surface area contributed by atoms with Crippen molar-refractivity contribution in [3.05, 3.63) is 30.1 Å². The maximum atomic E-state index is 4.09. The smallest absolute Gasteiger partial charge is 0.0312 e. The Morgan fingerprint density at radius 1 is 1.55 bits per heavy atom. The summed E-state index contributed by atoms with van der Waals surface area (Å²) in [5.74, 6) is 0.875. The van der Waals surface area contributed by atoms with Gasteiger partial charge >= 0.3 is 0 Å². The maximum Gasteiger partial charge on any atom is 0.0312 e. The van der Waals surface area contributed by atoms with Gasteiger partial charge in [0.25, 0.3) is 0 Å². The standard InChI is InChI=1S/C8H12N2S/c11-5-4-10-7-8-2-1-3-9-6-8/h1-3,6,10-11H,4-5,7H2. The molecule has 1 aromatic rings. The zero-order valence-corrected chi connectivity index (χ0v) is 7.22. The molecular weight excluding hydrogens is 156 g/mol. The van der Waals surface area contributed by atoms with Gasteiger partial charge in [-0.2, -0.15) is 12.6 Å². The van der Waals surface area contributed by atoms with E-state index in [9.17, 15) is 0 Å². The van der Waals surface area contributed by atoms with Gasteiger partial charge in [-0.3, -0.25) is 4.98 Å². The molecule has 0 aliphatic heterocycles. The van der Waals surface area contributed by atoms with Crippen molar-refractivity contribution in [1.29, 1.82) is 0 Å². The fourth-order valence-electron chi connectivity index (χ4n) is 0.814. The van der Waals surface area contributed by atoms with Crippen molar-refractivity contribution in [1.82, 2.24) is 10.3 Å². The number of pyridine rings is 1. The Balaban J connectivity index is 2.28. The van der Waals surface area contributed by atoms with Crippen molar-refractivity contribution in [3.8, 4) is 0 Å². The van der Waals surface area contributed by atoms with E-state index < -0.39 is 0 Å². The van der Waals surface area contributed by atoms with Gasteiger partial charge in [0.15, 0.2) is 0 Å². The first kappa shape index (κ1) is 8.56. The zero-order chi connectivity index (χ0) is 7.94. The van der Waals surface area contributed by atoms with Crippen molar-refractivity contribution in [2.24, 2.45) is 0 Å². The van der Waals surface area contributed by atoms with Gasteiger partial charge in [-0.15, -0.1) is 0 Å². The molecule has 60 valence electrons. The van der Waals surface area contributed by atoms with Crippen LogP contribution in [0.4, 0.5) is 0 Å². The summed E-state index contributed by atoms with van der Waals surface area (Å²) in [4.78, 5) is 4.00. The Morgan fingerprint density at radius 3 is 3.09 bits per heavy atom. The predicted molar refractivity (Wildman–Crippen MR) is 49.8 cm³/mol. The van der Waals surface area contributed by atoms with E-state index in [-0.39, 0.29) is 0 Å². The molecule has 1 aromatic heterocycles. The third-order valence-electron chi connectivity index (χ3n) is 1.34. The first-order valence-corrected chi connectivity index (χ1v) is 4.27. The van der Waals surface area contributed by atoms with E-state index in [4.69, 9.17) is 0 Å². The number of thiol groups is 1. The van der Waals surface area contributed by atoms with Gasteiger partial charge in [0.1, 0.15) is 0 Å². The quantitative estimate of drug-likeness (QED) is 0.520. The lowest BCUT2D eigenvalue weighted by atomic mass is 10.3. The molecule has 1 N–H and O–H groups in total. The van der Waals surface area contributed by atoms with E-state index in [0.29, 0.717) is 0 Å². The van der Waals surface area contributed by atoms with Crippen LogP contribution in [-0.2, 0) is 6.54 Å². The van der Waals surface area contributed by atoms with E-state index in [1.54, 1.807) is 6.20 Å². The predicted octanol–water partition coefficient (Wildman–Crippen LogP) is 1.10. The van der Waals surface area contributed by atoms with Crippen LogP contribution in [-0.4, -0.2) is 17.3 Å². The molecule has 0 aliphatic rings. The van der Waals surface area contributed by atoms with Crippen molar-refractivity contribution in [2.45, 2.75) is 6.54 Å². The Hall–Kier alpha value is -0.540. The van der Waals surface area contributed by atoms with Crippen LogP contribution >= 0.6 is 12.6 Å². The molecule has 2 nitrogen and oxygen atoms in total. The van der Waals surface area contributed by atoms with Crippen molar-refractivity contribution >= 4 is 12.6 Å². The second kappa shape index (κ2) is 5.16. The van der Waals surface area contributed by atoms with Gasteiger partial charge < -0.3 is 5.32 Å². The molecule has 3 heteroatoms. The summed E-state index contributed by atoms with van der Waals surface area (Å²) in [6.07, 6.45) is 3.65. The molecule has 0 saturated heterocycles. The molecule has 0 saturated carbocycles. The molecule has 0 radical (unpaired) electrons. The molecule has 0 bridgehead atoms. The highest BCUT2D eigenvalue weighted by molar-refractivity contribution is 7.80. The van der Waals surface area contributed by atoms with E-state index in [1.165, 1.54) is 5.56 Å². The van der Waals surface area contributed by atoms with Crippen molar-refractivity contribution < 1.29 is 0 Å². The molecule has 1 rings (SSSR count). The average molecular weight is 168 g/mol. The van der Waals surface area contributed by atoms with Gasteiger partial charge in [0.2, 0.25) is 0 Å². The summed E-state index contributed by atoms with van der Waals surface area (Å²) >= 11 is 4.09. The second-order valence-corrected chi connectivity index (χ2v) is 2.71. The second-order valence-electron chi connectivity index (χ2n) is 2.26. The maximum absolute atomic E-state index is 4.09. The Morgan fingerprint density at radius 2 is 2.45 bits per heavy atom. The lowest BCUT2D eigenvalue weighted by Crippen LogP contribution is -2.15. The molecule has 0 atom stereocenters. The molecule has 0 aliphatic carbocycles. The molecule has 0 amide bonds. The Labute approximate surface area is 72.5 Å². The summed E-state index contributed by atoms with van der Waals surface area (Å²) in [7, 11) is 0. The zero-order valence-electron chi connectivity index (χ0n) is 6.33. The minimum atomic E-state index is 0.875. The largest absolute Gasteiger partial charge is 0.312 e. The third-order valence-corrected chi connectivity index (χ3v) is 1.56. The Bertz CT molecular complexity index is 189. The van der Waals surface area contributed by atoms with E-state index in [1.807, 2.05) is 12.3 Å². The fraction of sp³-hybridized carbons (Fsp3) is 0.375. The monoisotopic (exact) mass is 168 g/mol. The highest BCUT2D eigenvalue weighted by Gasteiger charge is 1.88. The fourth-order valence-corrected chi connectivity index (χ4v) is 0.973. The highest BCUT2D eigenvalue weighted by Crippen LogP contribution is 1.93. The van der Waals surface area contributed by atoms with E-state index >= 15 is 0 Å². The van der Waals surface area contributed by atoms with Crippen LogP contribution in [0, 0.1) is 0 Å². The first-order chi connectivity index (χ1) is 5.43. The van der Waals surface area contributed by atoms with E-state index in [0.717, 1.165) is 18.8 Å². The lowest BCUT2D eigenvalue weighted by molar-refractivity contribution is 0.730. The van der Waals surface area contributed by atoms with Crippen LogP contribution in [0.15, 0.2) is 24.5 Å². The summed E-state index contributed by atoms with van der Waals surface area (Å²) in [6.45, 7) is 1.83. The number of hydrogen-bond donors (Lipinski definition) is 2. The Kier molecular flexibility index (Phi) is 4.01. The summed E-state index contributed by atoms with van der Waals surface area (Å²) in [5, 5.41) is 3.23. The van der Waals surface area contributed by atoms with Crippen LogP contribution in [0.1, 0.15) is 5.56 Å². The van der Waals surface area contributed by atoms with Crippen LogP contribution < -0.4 is 5.32 Å². The number of nitrogens with one attached hydrogen (secondary N) is 1. The molecular formula is C8H12N2S. The SMILES string of the molecule is SCCNCc1cccnc1. The topological polar surface area (TPSA) is 24.9 Å². The summed E-state index contributed by atoms with van der Waals surface area (Å²) in [5.41, 5.74) is 1.22. The number of nitrogens with zero attached hydrogens (tertiary/aromatic N) is 1. The van der Waals surface area contributed by atoms with E-state index in [2.05, 4.69) is 29.0 Å². The first-order valence-electron chi connectivity index (χ1n) is 3.64. The minimum Gasteiger partial charge on any atom is -0.312 e. The van der Waals surface area contributed by atoms with Gasteiger partial charge in [-0.1, -0.05) is 6.07 Å². The molecule has 0 fully saturated rings. The summed E-state index contributed by atoms with van der Waals surface area (Å²) < 4.78 is 0. The average Bonchev–Trinajstić information content (AvgIpc) is 2.07. The molecule has 0 spiro atoms. The van der Waals surface area contributed by atoms with Gasteiger partial charge in [0, 0.05) is 31.2 Å². The number of hydrogen-bond acceptors (Lipinski definition) is 3.